The minimum atomic E-state index is -1.91. The van der Waals surface area contributed by atoms with Gasteiger partial charge in [0.2, 0.25) is 0 Å². The van der Waals surface area contributed by atoms with Gasteiger partial charge in [0.15, 0.2) is 0 Å². The second kappa shape index (κ2) is 25.3. The maximum absolute atomic E-state index is 3.27. The molecule has 0 aliphatic carbocycles. The van der Waals surface area contributed by atoms with Crippen molar-refractivity contribution in [1.29, 1.82) is 0 Å². The van der Waals surface area contributed by atoms with Gasteiger partial charge in [0.1, 0.15) is 57.0 Å². The largest absolute Gasteiger partial charge is 0.144 e. The molecule has 0 fully saturated rings. The second-order valence-corrected chi connectivity index (χ2v) is 91.0. The van der Waals surface area contributed by atoms with E-state index in [2.05, 4.69) is 356 Å². The third-order valence-corrected chi connectivity index (χ3v) is 17.7. The summed E-state index contributed by atoms with van der Waals surface area (Å²) in [7, 11) is -3.81. The van der Waals surface area contributed by atoms with E-state index in [-0.39, 0.29) is 0 Å². The summed E-state index contributed by atoms with van der Waals surface area (Å²) in [4.78, 5) is 0. The molecule has 0 heterocycles. The first-order valence-corrected chi connectivity index (χ1v) is 45.1. The minimum Gasteiger partial charge on any atom is -0.0620 e. The van der Waals surface area contributed by atoms with Gasteiger partial charge in [-0.2, -0.15) is 0 Å². The molecule has 12 heteroatoms. The van der Waals surface area contributed by atoms with E-state index in [0.717, 1.165) is 0 Å². The van der Waals surface area contributed by atoms with Crippen LogP contribution in [0.4, 0.5) is 0 Å². The van der Waals surface area contributed by atoms with Gasteiger partial charge in [-0.05, 0) is 97.1 Å². The Hall–Kier alpha value is -0.501. The molecule has 8 aromatic rings. The van der Waals surface area contributed by atoms with Gasteiger partial charge in [-0.3, -0.25) is 0 Å². The fourth-order valence-electron chi connectivity index (χ4n) is 7.00. The van der Waals surface area contributed by atoms with Gasteiger partial charge >= 0.3 is 124 Å². The van der Waals surface area contributed by atoms with Crippen LogP contribution in [0, 0.1) is 0 Å². The Kier molecular flexibility index (Phi) is 21.3. The quantitative estimate of drug-likeness (QED) is 0.105. The van der Waals surface area contributed by atoms with E-state index >= 15 is 0 Å². The normalized spacial score (nSPS) is 11.9. The van der Waals surface area contributed by atoms with Gasteiger partial charge in [0.05, 0.1) is 0 Å². The Morgan fingerprint density at radius 1 is 0.183 bits per heavy atom. The van der Waals surface area contributed by atoms with Crippen molar-refractivity contribution in [3.05, 3.63) is 243 Å². The van der Waals surface area contributed by atoms with Crippen molar-refractivity contribution in [1.82, 2.24) is 0 Å². The molecule has 312 valence electrons. The summed E-state index contributed by atoms with van der Waals surface area (Å²) in [5.41, 5.74) is -2.75. The van der Waals surface area contributed by atoms with Crippen LogP contribution in [0.1, 0.15) is 0 Å². The van der Waals surface area contributed by atoms with Crippen molar-refractivity contribution in [2.75, 3.05) is 0 Å². The first-order chi connectivity index (χ1) is 28.8. The molecule has 0 atom stereocenters. The van der Waals surface area contributed by atoms with Crippen LogP contribution in [-0.2, 0) is 11.2 Å². The fourth-order valence-corrected chi connectivity index (χ4v) is 15.5. The molecule has 8 rings (SSSR count). The molecule has 0 radical (unpaired) electrons. The molecule has 0 saturated carbocycles. The molecule has 0 N–H and O–H groups in total. The van der Waals surface area contributed by atoms with E-state index in [1.807, 2.05) is 0 Å². The number of rotatable bonds is 8. The van der Waals surface area contributed by atoms with Crippen molar-refractivity contribution in [3.8, 4) is 0 Å². The van der Waals surface area contributed by atoms with Gasteiger partial charge in [-0.1, -0.05) is 146 Å². The molecule has 60 heavy (non-hydrogen) atoms. The van der Waals surface area contributed by atoms with E-state index < -0.39 is 25.8 Å². The van der Waals surface area contributed by atoms with Gasteiger partial charge in [-0.25, -0.2) is 0 Å². The molecule has 0 nitrogen and oxygen atoms in total. The van der Waals surface area contributed by atoms with E-state index in [1.165, 1.54) is 42.4 Å². The van der Waals surface area contributed by atoms with Crippen LogP contribution < -0.4 is 42.4 Å². The maximum atomic E-state index is 3.27. The molecule has 0 spiro atoms. The second-order valence-electron chi connectivity index (χ2n) is 12.7. The van der Waals surface area contributed by atoms with Crippen LogP contribution in [-0.4, -0.2) is 0 Å². The molecular weight excluding hydrogens is 1390 g/mol. The van der Waals surface area contributed by atoms with Crippen LogP contribution in [0.25, 0.3) is 0 Å². The molecule has 0 aromatic heterocycles. The Bertz CT molecular complexity index is 1880. The molecule has 0 aliphatic heterocycles. The van der Waals surface area contributed by atoms with Crippen molar-refractivity contribution < 1.29 is 11.2 Å². The number of halogens is 8. The van der Waals surface area contributed by atoms with Crippen molar-refractivity contribution >= 4 is 170 Å². The third kappa shape index (κ3) is 14.8. The summed E-state index contributed by atoms with van der Waals surface area (Å²) in [6, 6.07) is 87.7. The molecule has 0 aliphatic rings. The monoisotopic (exact) mass is 1420 g/mol. The summed E-state index contributed by atoms with van der Waals surface area (Å²) in [5, 5.41) is 11.1. The van der Waals surface area contributed by atoms with E-state index in [9.17, 15) is 0 Å². The average Bonchev–Trinajstić information content (AvgIpc) is 3.27. The molecular formula is C48H40Br8Mn2P2. The van der Waals surface area contributed by atoms with Gasteiger partial charge in [0.25, 0.3) is 0 Å². The minimum absolute atomic E-state index is 1.38. The summed E-state index contributed by atoms with van der Waals surface area (Å²) < 4.78 is 0. The summed E-state index contributed by atoms with van der Waals surface area (Å²) in [6.45, 7) is 0. The first-order valence-electron chi connectivity index (χ1n) is 18.2. The van der Waals surface area contributed by atoms with Crippen LogP contribution in [0.2, 0.25) is 0 Å². The standard InChI is InChI=1S/2C24H20P.8BrH.2Mn/c2*1-5-13-21(14-6-1)25(22-15-7-2-8-16-22,23-17-9-3-10-18-23)24-19-11-4-12-20-24;;;;;;;;;;/h2*1-20H;8*1H;;/q2*+1;;;;;;;;;2*+3/p-8. The number of hydrogen-bond acceptors (Lipinski definition) is 0. The summed E-state index contributed by atoms with van der Waals surface area (Å²) in [6.07, 6.45) is 0. The first kappa shape index (κ1) is 50.5. The zero-order valence-corrected chi connectivity index (χ0v) is 48.6. The zero-order chi connectivity index (χ0) is 42.9. The predicted octanol–water partition coefficient (Wildman–Crippen LogP) is 15.4. The maximum Gasteiger partial charge on any atom is 0.144 e. The Balaban J connectivity index is 0.000000186. The molecule has 8 aromatic carbocycles. The number of benzene rings is 8. The van der Waals surface area contributed by atoms with E-state index in [0.29, 0.717) is 0 Å². The van der Waals surface area contributed by atoms with Crippen LogP contribution in [0.15, 0.2) is 243 Å². The zero-order valence-electron chi connectivity index (χ0n) is 31.8. The van der Waals surface area contributed by atoms with Crippen LogP contribution >= 0.6 is 127 Å². The van der Waals surface area contributed by atoms with Crippen molar-refractivity contribution in [2.45, 2.75) is 0 Å². The Labute approximate surface area is 417 Å². The van der Waals surface area contributed by atoms with E-state index in [4.69, 9.17) is 0 Å². The van der Waals surface area contributed by atoms with Crippen LogP contribution in [0.5, 0.6) is 0 Å². The predicted molar refractivity (Wildman–Crippen MR) is 294 cm³/mol. The molecule has 0 bridgehead atoms. The molecule has 0 unspecified atom stereocenters. The molecule has 0 saturated heterocycles. The topological polar surface area (TPSA) is 0 Å². The summed E-state index contributed by atoms with van der Waals surface area (Å²) in [5.74, 6) is 0. The van der Waals surface area contributed by atoms with Crippen molar-refractivity contribution in [3.63, 3.8) is 0 Å². The Morgan fingerprint density at radius 3 is 0.350 bits per heavy atom. The SMILES string of the molecule is [Br][Mn-]([Br])([Br])[Br].[Br][Mn-]([Br])([Br])[Br].c1ccc([P+](c2ccccc2)(c2ccccc2)c2ccccc2)cc1.c1ccc([P+](c2ccccc2)(c2ccccc2)c2ccccc2)cc1. The van der Waals surface area contributed by atoms with E-state index in [1.54, 1.807) is 0 Å². The van der Waals surface area contributed by atoms with Gasteiger partial charge in [-0.15, -0.1) is 0 Å². The van der Waals surface area contributed by atoms with Crippen LogP contribution in [0.3, 0.4) is 0 Å². The Morgan fingerprint density at radius 2 is 0.267 bits per heavy atom. The summed E-state index contributed by atoms with van der Waals surface area (Å²) >= 11 is 26.1. The number of hydrogen-bond donors (Lipinski definition) is 0. The molecule has 0 amide bonds. The third-order valence-electron chi connectivity index (χ3n) is 9.15. The fraction of sp³-hybridized carbons (Fsp3) is 0. The smallest absolute Gasteiger partial charge is 0.0620 e. The average molecular weight is 1430 g/mol. The van der Waals surface area contributed by atoms with Gasteiger partial charge in [0, 0.05) is 0 Å². The van der Waals surface area contributed by atoms with Gasteiger partial charge < -0.3 is 0 Å². The van der Waals surface area contributed by atoms with Crippen molar-refractivity contribution in [2.24, 2.45) is 0 Å².